The number of H-pyrrole nitrogens is 1. The molecule has 0 radical (unpaired) electrons. The van der Waals surface area contributed by atoms with Gasteiger partial charge in [-0.3, -0.25) is 4.79 Å². The van der Waals surface area contributed by atoms with Crippen molar-refractivity contribution in [3.63, 3.8) is 0 Å². The molecule has 4 aromatic rings. The number of carbonyl (C=O) groups excluding carboxylic acids is 1. The van der Waals surface area contributed by atoms with Crippen molar-refractivity contribution in [2.45, 2.75) is 18.6 Å². The van der Waals surface area contributed by atoms with Gasteiger partial charge in [-0.25, -0.2) is 14.6 Å². The Bertz CT molecular complexity index is 1320. The van der Waals surface area contributed by atoms with E-state index in [1.165, 1.54) is 25.4 Å². The Hall–Kier alpha value is -3.90. The first-order chi connectivity index (χ1) is 15.3. The number of rotatable bonds is 3. The van der Waals surface area contributed by atoms with Gasteiger partial charge in [0.25, 0.3) is 11.7 Å². The molecule has 1 aliphatic heterocycles. The SMILES string of the molecule is COc1cccc2nc([C@@H]3c4nc[nH]c4CCN3C(=O)c3nc(C(F)(F)F)nn3C)oc12. The number of methoxy groups -OCH3 is 1. The first-order valence-corrected chi connectivity index (χ1v) is 9.52. The lowest BCUT2D eigenvalue weighted by Crippen LogP contribution is -2.42. The van der Waals surface area contributed by atoms with Crippen LogP contribution < -0.4 is 4.74 Å². The fourth-order valence-corrected chi connectivity index (χ4v) is 3.78. The molecule has 13 heteroatoms. The van der Waals surface area contributed by atoms with E-state index in [0.29, 0.717) is 29.0 Å². The summed E-state index contributed by atoms with van der Waals surface area (Å²) >= 11 is 0. The van der Waals surface area contributed by atoms with Crippen molar-refractivity contribution in [2.24, 2.45) is 7.05 Å². The van der Waals surface area contributed by atoms with Gasteiger partial charge in [-0.05, 0) is 12.1 Å². The zero-order chi connectivity index (χ0) is 22.6. The Kier molecular flexibility index (Phi) is 4.42. The van der Waals surface area contributed by atoms with Gasteiger partial charge in [0, 0.05) is 25.7 Å². The van der Waals surface area contributed by atoms with Crippen LogP contribution in [0.2, 0.25) is 0 Å². The summed E-state index contributed by atoms with van der Waals surface area (Å²) in [7, 11) is 2.73. The lowest BCUT2D eigenvalue weighted by molar-refractivity contribution is -0.144. The second-order valence-electron chi connectivity index (χ2n) is 7.16. The highest BCUT2D eigenvalue weighted by Crippen LogP contribution is 2.37. The van der Waals surface area contributed by atoms with E-state index in [9.17, 15) is 18.0 Å². The molecule has 3 aromatic heterocycles. The number of ether oxygens (including phenoxy) is 1. The summed E-state index contributed by atoms with van der Waals surface area (Å²) in [4.78, 5) is 29.9. The molecule has 0 aliphatic carbocycles. The average Bonchev–Trinajstić information content (AvgIpc) is 3.49. The van der Waals surface area contributed by atoms with Crippen LogP contribution >= 0.6 is 0 Å². The molecule has 0 saturated carbocycles. The van der Waals surface area contributed by atoms with Gasteiger partial charge in [-0.2, -0.15) is 18.2 Å². The van der Waals surface area contributed by atoms with Gasteiger partial charge in [-0.15, -0.1) is 5.10 Å². The fraction of sp³-hybridized carbons (Fsp3) is 0.316. The number of imidazole rings is 1. The van der Waals surface area contributed by atoms with Crippen LogP contribution in [0.3, 0.4) is 0 Å². The highest BCUT2D eigenvalue weighted by molar-refractivity contribution is 5.91. The standard InChI is InChI=1S/C19H16F3N7O3/c1-28-15(26-18(27-28)19(20,21)22)17(30)29-7-6-9-12(24-8-23-9)13(29)16-25-10-4-3-5-11(31-2)14(10)32-16/h3-5,8,13H,6-7H2,1-2H3,(H,23,24)/t13-/m0/s1. The average molecular weight is 447 g/mol. The summed E-state index contributed by atoms with van der Waals surface area (Å²) in [6.07, 6.45) is -2.87. The van der Waals surface area contributed by atoms with E-state index in [2.05, 4.69) is 25.0 Å². The van der Waals surface area contributed by atoms with Gasteiger partial charge >= 0.3 is 6.18 Å². The molecular weight excluding hydrogens is 431 g/mol. The van der Waals surface area contributed by atoms with Crippen LogP contribution in [-0.4, -0.2) is 54.2 Å². The van der Waals surface area contributed by atoms with Crippen molar-refractivity contribution in [2.75, 3.05) is 13.7 Å². The maximum atomic E-state index is 13.3. The van der Waals surface area contributed by atoms with E-state index >= 15 is 0 Å². The number of carbonyl (C=O) groups is 1. The number of alkyl halides is 3. The summed E-state index contributed by atoms with van der Waals surface area (Å²) in [6, 6.07) is 4.30. The third kappa shape index (κ3) is 3.08. The summed E-state index contributed by atoms with van der Waals surface area (Å²) < 4.78 is 51.3. The molecule has 1 N–H and O–H groups in total. The molecule has 0 spiro atoms. The molecule has 10 nitrogen and oxygen atoms in total. The van der Waals surface area contributed by atoms with E-state index < -0.39 is 29.8 Å². The van der Waals surface area contributed by atoms with Crippen LogP contribution in [0.5, 0.6) is 5.75 Å². The number of fused-ring (bicyclic) bond motifs is 2. The summed E-state index contributed by atoms with van der Waals surface area (Å²) in [6.45, 7) is 0.183. The Morgan fingerprint density at radius 3 is 2.84 bits per heavy atom. The van der Waals surface area contributed by atoms with Crippen molar-refractivity contribution in [1.29, 1.82) is 0 Å². The predicted octanol–water partition coefficient (Wildman–Crippen LogP) is 2.49. The number of aromatic amines is 1. The number of oxazole rings is 1. The molecule has 0 fully saturated rings. The molecule has 0 unspecified atom stereocenters. The normalized spacial score (nSPS) is 16.4. The van der Waals surface area contributed by atoms with Crippen LogP contribution in [0, 0.1) is 0 Å². The Morgan fingerprint density at radius 2 is 2.12 bits per heavy atom. The van der Waals surface area contributed by atoms with Gasteiger partial charge in [-0.1, -0.05) is 6.07 Å². The van der Waals surface area contributed by atoms with E-state index in [-0.39, 0.29) is 12.4 Å². The molecule has 4 heterocycles. The Labute approximate surface area is 178 Å². The minimum absolute atomic E-state index is 0.157. The van der Waals surface area contributed by atoms with Gasteiger partial charge < -0.3 is 19.0 Å². The van der Waals surface area contributed by atoms with E-state index in [4.69, 9.17) is 9.15 Å². The highest BCUT2D eigenvalue weighted by Gasteiger charge is 2.42. The smallest absolute Gasteiger partial charge is 0.453 e. The summed E-state index contributed by atoms with van der Waals surface area (Å²) in [5.74, 6) is -1.97. The molecule has 0 bridgehead atoms. The van der Waals surface area contributed by atoms with Gasteiger partial charge in [0.2, 0.25) is 11.7 Å². The summed E-state index contributed by atoms with van der Waals surface area (Å²) in [5, 5.41) is 3.34. The molecule has 0 saturated heterocycles. The Balaban J connectivity index is 1.61. The van der Waals surface area contributed by atoms with Crippen LogP contribution in [0.15, 0.2) is 28.9 Å². The quantitative estimate of drug-likeness (QED) is 0.513. The van der Waals surface area contributed by atoms with Crippen LogP contribution in [0.1, 0.15) is 39.8 Å². The number of nitrogens with zero attached hydrogens (tertiary/aromatic N) is 6. The zero-order valence-corrected chi connectivity index (χ0v) is 16.8. The van der Waals surface area contributed by atoms with Crippen LogP contribution in [-0.2, 0) is 19.6 Å². The van der Waals surface area contributed by atoms with E-state index in [1.807, 2.05) is 0 Å². The molecule has 166 valence electrons. The molecule has 1 amide bonds. The largest absolute Gasteiger partial charge is 0.493 e. The monoisotopic (exact) mass is 447 g/mol. The zero-order valence-electron chi connectivity index (χ0n) is 16.8. The third-order valence-electron chi connectivity index (χ3n) is 5.24. The maximum Gasteiger partial charge on any atom is 0.453 e. The van der Waals surface area contributed by atoms with Crippen molar-refractivity contribution in [3.05, 3.63) is 53.5 Å². The molecule has 1 atom stereocenters. The second-order valence-corrected chi connectivity index (χ2v) is 7.16. The first-order valence-electron chi connectivity index (χ1n) is 9.52. The number of para-hydroxylation sites is 1. The number of aryl methyl sites for hydroxylation is 1. The maximum absolute atomic E-state index is 13.3. The molecule has 1 aromatic carbocycles. The van der Waals surface area contributed by atoms with Crippen LogP contribution in [0.25, 0.3) is 11.1 Å². The van der Waals surface area contributed by atoms with Crippen molar-refractivity contribution in [3.8, 4) is 5.75 Å². The number of hydrogen-bond acceptors (Lipinski definition) is 7. The van der Waals surface area contributed by atoms with Crippen molar-refractivity contribution >= 4 is 17.0 Å². The van der Waals surface area contributed by atoms with Gasteiger partial charge in [0.15, 0.2) is 17.4 Å². The number of aromatic nitrogens is 6. The summed E-state index contributed by atoms with van der Waals surface area (Å²) in [5.41, 5.74) is 2.17. The lowest BCUT2D eigenvalue weighted by Gasteiger charge is -2.32. The minimum Gasteiger partial charge on any atom is -0.493 e. The third-order valence-corrected chi connectivity index (χ3v) is 5.24. The van der Waals surface area contributed by atoms with Gasteiger partial charge in [0.05, 0.1) is 19.1 Å². The van der Waals surface area contributed by atoms with Crippen LogP contribution in [0.4, 0.5) is 13.2 Å². The number of hydrogen-bond donors (Lipinski definition) is 1. The fourth-order valence-electron chi connectivity index (χ4n) is 3.78. The van der Waals surface area contributed by atoms with E-state index in [1.54, 1.807) is 18.2 Å². The number of benzene rings is 1. The second kappa shape index (κ2) is 7.07. The molecule has 5 rings (SSSR count). The van der Waals surface area contributed by atoms with Crippen molar-refractivity contribution in [1.82, 2.24) is 34.6 Å². The topological polar surface area (TPSA) is 115 Å². The number of halogens is 3. The predicted molar refractivity (Wildman–Crippen MR) is 102 cm³/mol. The lowest BCUT2D eigenvalue weighted by atomic mass is 10.0. The van der Waals surface area contributed by atoms with E-state index in [0.717, 1.165) is 10.4 Å². The molecule has 1 aliphatic rings. The Morgan fingerprint density at radius 1 is 1.31 bits per heavy atom. The molecule has 32 heavy (non-hydrogen) atoms. The molecular formula is C19H16F3N7O3. The first kappa shape index (κ1) is 20.0. The minimum atomic E-state index is -4.77. The van der Waals surface area contributed by atoms with Gasteiger partial charge in [0.1, 0.15) is 5.52 Å². The number of amides is 1. The number of nitrogens with one attached hydrogen (secondary N) is 1. The van der Waals surface area contributed by atoms with Crippen molar-refractivity contribution < 1.29 is 27.1 Å². The highest BCUT2D eigenvalue weighted by atomic mass is 19.4.